The van der Waals surface area contributed by atoms with E-state index in [0.717, 1.165) is 67.1 Å². The molecule has 5 nitrogen and oxygen atoms in total. The summed E-state index contributed by atoms with van der Waals surface area (Å²) in [7, 11) is 0. The third-order valence-electron chi connectivity index (χ3n) is 7.12. The molecule has 2 aliphatic rings. The zero-order chi connectivity index (χ0) is 23.6. The largest absolute Gasteiger partial charge is 0.506 e. The van der Waals surface area contributed by atoms with Crippen LogP contribution in [0.5, 0.6) is 17.2 Å². The Bertz CT molecular complexity index is 1300. The number of benzene rings is 3. The van der Waals surface area contributed by atoms with Crippen molar-refractivity contribution in [3.05, 3.63) is 96.8 Å². The maximum absolute atomic E-state index is 11.2. The van der Waals surface area contributed by atoms with Gasteiger partial charge in [-0.3, -0.25) is 4.98 Å². The highest BCUT2D eigenvalue weighted by Crippen LogP contribution is 2.53. The van der Waals surface area contributed by atoms with E-state index in [4.69, 9.17) is 4.74 Å². The second kappa shape index (κ2) is 9.43. The van der Waals surface area contributed by atoms with Crippen molar-refractivity contribution in [2.24, 2.45) is 0 Å². The van der Waals surface area contributed by atoms with Crippen LogP contribution in [0.1, 0.15) is 18.4 Å². The lowest BCUT2D eigenvalue weighted by atomic mass is 9.98. The average Bonchev–Trinajstić information content (AvgIpc) is 2.92. The Kier molecular flexibility index (Phi) is 5.84. The maximum atomic E-state index is 11.2. The summed E-state index contributed by atoms with van der Waals surface area (Å²) in [5.41, 5.74) is 5.02. The van der Waals surface area contributed by atoms with Gasteiger partial charge in [-0.15, -0.1) is 0 Å². The molecule has 5 heteroatoms. The molecule has 0 spiro atoms. The van der Waals surface area contributed by atoms with Crippen LogP contribution in [0, 0.1) is 0 Å². The minimum atomic E-state index is 0.238. The lowest BCUT2D eigenvalue weighted by Gasteiger charge is -2.42. The SMILES string of the molecule is Oc1cc(-c2cccnc2)cc2c1N(C1CCN(CCc3ccccc3)CC1)c1ccccc1O2. The third-order valence-corrected chi connectivity index (χ3v) is 7.12. The Morgan fingerprint density at radius 1 is 0.857 bits per heavy atom. The standard InChI is InChI=1S/C30H29N3O2/c34-27-19-24(23-9-6-15-31-21-23)20-29-30(27)33(26-10-4-5-11-28(26)35-29)25-13-17-32(18-14-25)16-12-22-7-2-1-3-8-22/h1-11,15,19-21,25,34H,12-14,16-18H2. The van der Waals surface area contributed by atoms with E-state index < -0.39 is 0 Å². The molecule has 6 rings (SSSR count). The Hall–Kier alpha value is -3.83. The first-order valence-corrected chi connectivity index (χ1v) is 12.4. The van der Waals surface area contributed by atoms with Crippen LogP contribution in [0.25, 0.3) is 11.1 Å². The Morgan fingerprint density at radius 2 is 1.66 bits per heavy atom. The van der Waals surface area contributed by atoms with Crippen molar-refractivity contribution in [1.82, 2.24) is 9.88 Å². The summed E-state index contributed by atoms with van der Waals surface area (Å²) in [5, 5.41) is 11.2. The number of para-hydroxylation sites is 2. The van der Waals surface area contributed by atoms with Crippen LogP contribution < -0.4 is 9.64 Å². The number of fused-ring (bicyclic) bond motifs is 2. The van der Waals surface area contributed by atoms with Gasteiger partial charge in [-0.1, -0.05) is 48.5 Å². The van der Waals surface area contributed by atoms with Crippen LogP contribution in [0.3, 0.4) is 0 Å². The number of likely N-dealkylation sites (tertiary alicyclic amines) is 1. The molecule has 1 N–H and O–H groups in total. The van der Waals surface area contributed by atoms with Crippen molar-refractivity contribution in [2.45, 2.75) is 25.3 Å². The molecule has 0 radical (unpaired) electrons. The topological polar surface area (TPSA) is 48.8 Å². The average molecular weight is 464 g/mol. The molecule has 0 bridgehead atoms. The predicted octanol–water partition coefficient (Wildman–Crippen LogP) is 6.41. The number of piperidine rings is 1. The number of hydrogen-bond donors (Lipinski definition) is 1. The van der Waals surface area contributed by atoms with Crippen LogP contribution in [-0.2, 0) is 6.42 Å². The van der Waals surface area contributed by atoms with E-state index in [0.29, 0.717) is 11.8 Å². The summed E-state index contributed by atoms with van der Waals surface area (Å²) in [6.07, 6.45) is 6.70. The quantitative estimate of drug-likeness (QED) is 0.371. The van der Waals surface area contributed by atoms with Crippen molar-refractivity contribution in [3.63, 3.8) is 0 Å². The molecule has 1 aromatic heterocycles. The summed E-state index contributed by atoms with van der Waals surface area (Å²) >= 11 is 0. The second-order valence-corrected chi connectivity index (χ2v) is 9.33. The number of anilines is 2. The molecule has 35 heavy (non-hydrogen) atoms. The number of ether oxygens (including phenoxy) is 1. The van der Waals surface area contributed by atoms with Gasteiger partial charge in [0.15, 0.2) is 11.5 Å². The number of nitrogens with zero attached hydrogens (tertiary/aromatic N) is 3. The number of rotatable bonds is 5. The molecular weight excluding hydrogens is 434 g/mol. The minimum absolute atomic E-state index is 0.238. The summed E-state index contributed by atoms with van der Waals surface area (Å²) in [5.74, 6) is 1.76. The van der Waals surface area contributed by atoms with Gasteiger partial charge in [-0.2, -0.15) is 0 Å². The molecule has 3 aromatic carbocycles. The smallest absolute Gasteiger partial charge is 0.155 e. The summed E-state index contributed by atoms with van der Waals surface area (Å²) in [6, 6.07) is 26.9. The highest BCUT2D eigenvalue weighted by atomic mass is 16.5. The molecule has 0 saturated carbocycles. The normalized spacial score (nSPS) is 15.8. The van der Waals surface area contributed by atoms with Gasteiger partial charge >= 0.3 is 0 Å². The van der Waals surface area contributed by atoms with Crippen LogP contribution in [-0.4, -0.2) is 40.7 Å². The van der Waals surface area contributed by atoms with E-state index in [1.165, 1.54) is 5.56 Å². The Morgan fingerprint density at radius 3 is 2.46 bits per heavy atom. The molecule has 0 unspecified atom stereocenters. The first-order valence-electron chi connectivity index (χ1n) is 12.4. The fraction of sp³-hybridized carbons (Fsp3) is 0.233. The predicted molar refractivity (Wildman–Crippen MR) is 140 cm³/mol. The van der Waals surface area contributed by atoms with Crippen molar-refractivity contribution in [3.8, 4) is 28.4 Å². The van der Waals surface area contributed by atoms with Crippen LogP contribution in [0.2, 0.25) is 0 Å². The highest BCUT2D eigenvalue weighted by molar-refractivity contribution is 5.85. The number of aromatic hydroxyl groups is 1. The molecule has 0 amide bonds. The maximum Gasteiger partial charge on any atom is 0.155 e. The van der Waals surface area contributed by atoms with E-state index in [9.17, 15) is 5.11 Å². The van der Waals surface area contributed by atoms with E-state index in [1.54, 1.807) is 12.4 Å². The molecule has 0 aliphatic carbocycles. The third kappa shape index (κ3) is 4.35. The zero-order valence-electron chi connectivity index (χ0n) is 19.7. The van der Waals surface area contributed by atoms with Gasteiger partial charge in [0.05, 0.1) is 5.69 Å². The summed E-state index contributed by atoms with van der Waals surface area (Å²) in [6.45, 7) is 3.16. The molecule has 0 atom stereocenters. The van der Waals surface area contributed by atoms with Crippen molar-refractivity contribution >= 4 is 11.4 Å². The van der Waals surface area contributed by atoms with Crippen LogP contribution >= 0.6 is 0 Å². The Balaban J connectivity index is 1.26. The van der Waals surface area contributed by atoms with E-state index in [-0.39, 0.29) is 5.75 Å². The zero-order valence-corrected chi connectivity index (χ0v) is 19.7. The molecule has 2 aliphatic heterocycles. The van der Waals surface area contributed by atoms with Crippen LogP contribution in [0.4, 0.5) is 11.4 Å². The second-order valence-electron chi connectivity index (χ2n) is 9.33. The molecule has 176 valence electrons. The van der Waals surface area contributed by atoms with Gasteiger partial charge in [0, 0.05) is 43.6 Å². The van der Waals surface area contributed by atoms with Gasteiger partial charge in [0.1, 0.15) is 11.4 Å². The number of aromatic nitrogens is 1. The minimum Gasteiger partial charge on any atom is -0.506 e. The van der Waals surface area contributed by atoms with Gasteiger partial charge < -0.3 is 19.6 Å². The van der Waals surface area contributed by atoms with Gasteiger partial charge in [0.25, 0.3) is 0 Å². The van der Waals surface area contributed by atoms with Crippen LogP contribution in [0.15, 0.2) is 91.3 Å². The van der Waals surface area contributed by atoms with Gasteiger partial charge in [-0.25, -0.2) is 0 Å². The first kappa shape index (κ1) is 21.7. The van der Waals surface area contributed by atoms with Crippen molar-refractivity contribution in [2.75, 3.05) is 24.5 Å². The van der Waals surface area contributed by atoms with Gasteiger partial charge in [0.2, 0.25) is 0 Å². The fourth-order valence-corrected chi connectivity index (χ4v) is 5.31. The number of pyridine rings is 1. The van der Waals surface area contributed by atoms with Gasteiger partial charge in [-0.05, 0) is 60.7 Å². The summed E-state index contributed by atoms with van der Waals surface area (Å²) < 4.78 is 6.32. The lowest BCUT2D eigenvalue weighted by Crippen LogP contribution is -2.44. The lowest BCUT2D eigenvalue weighted by molar-refractivity contribution is 0.214. The Labute approximate surface area is 206 Å². The molecule has 3 heterocycles. The molecule has 1 fully saturated rings. The molecule has 1 saturated heterocycles. The monoisotopic (exact) mass is 463 g/mol. The highest BCUT2D eigenvalue weighted by Gasteiger charge is 2.34. The molecular formula is C30H29N3O2. The van der Waals surface area contributed by atoms with Crippen molar-refractivity contribution < 1.29 is 9.84 Å². The van der Waals surface area contributed by atoms with E-state index >= 15 is 0 Å². The first-order chi connectivity index (χ1) is 17.3. The number of hydrogen-bond acceptors (Lipinski definition) is 5. The number of phenolic OH excluding ortho intramolecular Hbond substituents is 1. The fourth-order valence-electron chi connectivity index (χ4n) is 5.31. The van der Waals surface area contributed by atoms with Crippen molar-refractivity contribution in [1.29, 1.82) is 0 Å². The van der Waals surface area contributed by atoms with E-state index in [1.807, 2.05) is 42.5 Å². The summed E-state index contributed by atoms with van der Waals surface area (Å²) in [4.78, 5) is 9.10. The number of phenols is 1. The molecule has 4 aromatic rings. The van der Waals surface area contributed by atoms with E-state index in [2.05, 4.69) is 51.2 Å².